The minimum Gasteiger partial charge on any atom is -0.312 e. The normalized spacial score (nSPS) is 15.8. The number of fused-ring (bicyclic) bond motifs is 12. The fraction of sp³-hybridized carbons (Fsp3) is 0.355. The van der Waals surface area contributed by atoms with Crippen molar-refractivity contribution in [3.8, 4) is 0 Å². The summed E-state index contributed by atoms with van der Waals surface area (Å²) >= 11 is 0. The van der Waals surface area contributed by atoms with E-state index >= 15 is 0 Å². The highest BCUT2D eigenvalue weighted by Crippen LogP contribution is 2.55. The van der Waals surface area contributed by atoms with Gasteiger partial charge in [0.05, 0.1) is 22.1 Å². The molecular weight excluding hydrogens is 787 g/mol. The van der Waals surface area contributed by atoms with Gasteiger partial charge >= 0.3 is 0 Å². The minimum absolute atomic E-state index is 0.000355. The number of anilines is 3. The van der Waals surface area contributed by atoms with Crippen LogP contribution in [0.4, 0.5) is 17.1 Å². The molecule has 11 rings (SSSR count). The molecule has 9 aromatic rings. The van der Waals surface area contributed by atoms with Crippen molar-refractivity contribution < 1.29 is 0 Å². The Morgan fingerprint density at radius 1 is 0.415 bits per heavy atom. The van der Waals surface area contributed by atoms with Crippen molar-refractivity contribution in [1.29, 1.82) is 0 Å². The number of hydrogen-bond acceptors (Lipinski definition) is 1. The molecule has 1 atom stereocenters. The van der Waals surface area contributed by atoms with E-state index in [1.165, 1.54) is 105 Å². The number of aromatic nitrogens is 2. The zero-order chi connectivity index (χ0) is 46.1. The smallest absolute Gasteiger partial charge is 0.0617 e. The molecule has 0 amide bonds. The van der Waals surface area contributed by atoms with E-state index in [0.29, 0.717) is 0 Å². The molecule has 3 nitrogen and oxygen atoms in total. The maximum atomic E-state index is 2.67. The van der Waals surface area contributed by atoms with Crippen LogP contribution in [0.1, 0.15) is 154 Å². The lowest BCUT2D eigenvalue weighted by atomic mass is 9.80. The fourth-order valence-corrected chi connectivity index (χ4v) is 11.1. The van der Waals surface area contributed by atoms with Crippen molar-refractivity contribution in [2.24, 2.45) is 0 Å². The molecule has 65 heavy (non-hydrogen) atoms. The van der Waals surface area contributed by atoms with Crippen LogP contribution >= 0.6 is 0 Å². The van der Waals surface area contributed by atoms with Crippen molar-refractivity contribution in [2.75, 3.05) is 4.90 Å². The average Bonchev–Trinajstić information content (AvgIpc) is 3.94. The SMILES string of the molecule is CC(C)(C)c1ccc(N(c2ccc(C(C)(C)C)cc2)c2ccc3c4cc(C(C)(C)C)cc5c4n(c3c2)C2=Cc3c(n4c6ccc(C(C)(C)C)cc6c6cc(C(C)(C)C)cc3c64)CC25)cc1. The van der Waals surface area contributed by atoms with Gasteiger partial charge in [-0.1, -0.05) is 146 Å². The lowest BCUT2D eigenvalue weighted by molar-refractivity contribution is 0.589. The molecule has 0 N–H and O–H groups in total. The summed E-state index contributed by atoms with van der Waals surface area (Å²) in [6.07, 6.45) is 3.56. The number of benzene rings is 6. The van der Waals surface area contributed by atoms with E-state index in [1.54, 1.807) is 0 Å². The standard InChI is InChI=1S/C62H67N3/c1-58(2,3)36-16-21-41(22-17-36)63(42-23-18-37(19-24-42)59(4,5)6)43-25-26-44-48-29-39(61(10,11)12)31-50-47-34-54-46(35-55(47)65(56(48)50)53(44)33-43)51-32-40(62(13,14)15)30-49-45-28-38(60(7,8)9)20-27-52(45)64(54)57(49)51/h16-33,35,47H,34H2,1-15H3. The van der Waals surface area contributed by atoms with Gasteiger partial charge in [0.1, 0.15) is 0 Å². The molecule has 0 saturated carbocycles. The van der Waals surface area contributed by atoms with Gasteiger partial charge in [-0.15, -0.1) is 0 Å². The van der Waals surface area contributed by atoms with Gasteiger partial charge in [-0.2, -0.15) is 0 Å². The van der Waals surface area contributed by atoms with Gasteiger partial charge in [0, 0.05) is 73.3 Å². The summed E-state index contributed by atoms with van der Waals surface area (Å²) in [5.41, 5.74) is 21.6. The third kappa shape index (κ3) is 6.35. The summed E-state index contributed by atoms with van der Waals surface area (Å²) in [4.78, 5) is 2.46. The van der Waals surface area contributed by atoms with Crippen LogP contribution in [-0.4, -0.2) is 8.97 Å². The van der Waals surface area contributed by atoms with Crippen LogP contribution in [0.5, 0.6) is 0 Å². The Hall–Kier alpha value is -5.80. The topological polar surface area (TPSA) is 12.6 Å². The Labute approximate surface area is 387 Å². The summed E-state index contributed by atoms with van der Waals surface area (Å²) in [5.74, 6) is 0.241. The van der Waals surface area contributed by atoms with Crippen LogP contribution in [0.15, 0.2) is 109 Å². The second kappa shape index (κ2) is 13.4. The average molecular weight is 854 g/mol. The van der Waals surface area contributed by atoms with Gasteiger partial charge in [0.2, 0.25) is 0 Å². The van der Waals surface area contributed by atoms with Crippen LogP contribution < -0.4 is 4.90 Å². The highest BCUT2D eigenvalue weighted by Gasteiger charge is 2.39. The Balaban J connectivity index is 1.17. The third-order valence-electron chi connectivity index (χ3n) is 15.1. The van der Waals surface area contributed by atoms with Gasteiger partial charge < -0.3 is 13.9 Å². The summed E-state index contributed by atoms with van der Waals surface area (Å²) in [6.45, 7) is 35.0. The first-order chi connectivity index (χ1) is 30.4. The molecule has 0 saturated heterocycles. The van der Waals surface area contributed by atoms with Gasteiger partial charge in [-0.05, 0) is 133 Å². The highest BCUT2D eigenvalue weighted by atomic mass is 15.1. The lowest BCUT2D eigenvalue weighted by Crippen LogP contribution is -2.15. The zero-order valence-electron chi connectivity index (χ0n) is 41.6. The minimum atomic E-state index is 0.000355. The quantitative estimate of drug-likeness (QED) is 0.172. The first-order valence-corrected chi connectivity index (χ1v) is 24.1. The van der Waals surface area contributed by atoms with Crippen LogP contribution in [0.25, 0.3) is 60.8 Å². The Morgan fingerprint density at radius 2 is 0.892 bits per heavy atom. The summed E-state index contributed by atoms with van der Waals surface area (Å²) < 4.78 is 5.32. The van der Waals surface area contributed by atoms with Gasteiger partial charge in [-0.25, -0.2) is 0 Å². The monoisotopic (exact) mass is 854 g/mol. The molecule has 1 aliphatic carbocycles. The van der Waals surface area contributed by atoms with Crippen LogP contribution in [-0.2, 0) is 33.5 Å². The Kier molecular flexibility index (Phi) is 8.63. The van der Waals surface area contributed by atoms with Gasteiger partial charge in [-0.3, -0.25) is 0 Å². The number of allylic oxidation sites excluding steroid dienone is 1. The number of rotatable bonds is 3. The van der Waals surface area contributed by atoms with E-state index in [4.69, 9.17) is 0 Å². The van der Waals surface area contributed by atoms with Crippen molar-refractivity contribution in [3.63, 3.8) is 0 Å². The van der Waals surface area contributed by atoms with E-state index in [-0.39, 0.29) is 33.0 Å². The molecule has 0 fully saturated rings. The number of hydrogen-bond donors (Lipinski definition) is 0. The second-order valence-electron chi connectivity index (χ2n) is 24.9. The molecule has 3 aromatic heterocycles. The van der Waals surface area contributed by atoms with Crippen LogP contribution in [0.3, 0.4) is 0 Å². The largest absolute Gasteiger partial charge is 0.312 e. The zero-order valence-corrected chi connectivity index (χ0v) is 41.6. The van der Waals surface area contributed by atoms with Gasteiger partial charge in [0.15, 0.2) is 0 Å². The van der Waals surface area contributed by atoms with Crippen LogP contribution in [0, 0.1) is 0 Å². The molecule has 4 heterocycles. The molecule has 0 spiro atoms. The highest BCUT2D eigenvalue weighted by molar-refractivity contribution is 6.20. The third-order valence-corrected chi connectivity index (χ3v) is 15.1. The first-order valence-electron chi connectivity index (χ1n) is 24.1. The van der Waals surface area contributed by atoms with Crippen molar-refractivity contribution >= 4 is 77.8 Å². The van der Waals surface area contributed by atoms with Crippen LogP contribution in [0.2, 0.25) is 0 Å². The van der Waals surface area contributed by atoms with Gasteiger partial charge in [0.25, 0.3) is 0 Å². The predicted molar refractivity (Wildman–Crippen MR) is 282 cm³/mol. The Bertz CT molecular complexity index is 3380. The summed E-state index contributed by atoms with van der Waals surface area (Å²) in [5, 5.41) is 6.81. The van der Waals surface area contributed by atoms with Crippen molar-refractivity contribution in [3.05, 3.63) is 154 Å². The van der Waals surface area contributed by atoms with E-state index in [1.807, 2.05) is 0 Å². The van der Waals surface area contributed by atoms with Crippen molar-refractivity contribution in [2.45, 2.75) is 143 Å². The first kappa shape index (κ1) is 41.9. The second-order valence-corrected chi connectivity index (χ2v) is 24.9. The maximum Gasteiger partial charge on any atom is 0.0617 e. The van der Waals surface area contributed by atoms with E-state index in [0.717, 1.165) is 17.8 Å². The molecule has 330 valence electrons. The predicted octanol–water partition coefficient (Wildman–Crippen LogP) is 17.4. The molecule has 6 aromatic carbocycles. The molecule has 0 radical (unpaired) electrons. The van der Waals surface area contributed by atoms with Crippen molar-refractivity contribution in [1.82, 2.24) is 8.97 Å². The molecule has 2 aliphatic rings. The van der Waals surface area contributed by atoms with E-state index in [2.05, 4.69) is 233 Å². The molecule has 1 unspecified atom stereocenters. The summed E-state index contributed by atoms with van der Waals surface area (Å²) in [6, 6.07) is 43.1. The number of nitrogens with zero attached hydrogens (tertiary/aromatic N) is 3. The summed E-state index contributed by atoms with van der Waals surface area (Å²) in [7, 11) is 0. The van der Waals surface area contributed by atoms with E-state index < -0.39 is 0 Å². The molecule has 1 aliphatic heterocycles. The molecular formula is C62H67N3. The Morgan fingerprint density at radius 3 is 1.45 bits per heavy atom. The fourth-order valence-electron chi connectivity index (χ4n) is 11.1. The lowest BCUT2D eigenvalue weighted by Gasteiger charge is -2.28. The maximum absolute atomic E-state index is 2.67. The molecule has 0 bridgehead atoms. The van der Waals surface area contributed by atoms with E-state index in [9.17, 15) is 0 Å². The molecule has 3 heteroatoms.